The third-order valence-electron chi connectivity index (χ3n) is 1.53. The van der Waals surface area contributed by atoms with Crippen molar-refractivity contribution < 1.29 is 9.47 Å². The summed E-state index contributed by atoms with van der Waals surface area (Å²) in [5.41, 5.74) is 5.15. The molecule has 3 N–H and O–H groups in total. The summed E-state index contributed by atoms with van der Waals surface area (Å²) in [6, 6.07) is 7.21. The molecule has 1 aromatic carbocycles. The van der Waals surface area contributed by atoms with Gasteiger partial charge in [0.1, 0.15) is 23.9 Å². The Balaban J connectivity index is 2.50. The third kappa shape index (κ3) is 3.35. The minimum atomic E-state index is 0.0129. The van der Waals surface area contributed by atoms with Gasteiger partial charge in [0, 0.05) is 0 Å². The van der Waals surface area contributed by atoms with Crippen LogP contribution < -0.4 is 15.2 Å². The van der Waals surface area contributed by atoms with Crippen LogP contribution in [0.3, 0.4) is 0 Å². The van der Waals surface area contributed by atoms with Crippen molar-refractivity contribution in [2.24, 2.45) is 5.73 Å². The lowest BCUT2D eigenvalue weighted by atomic mass is 10.3. The SMILES string of the molecule is CCOc1ccc(OCC(=N)N)cc1. The van der Waals surface area contributed by atoms with Gasteiger partial charge in [-0.1, -0.05) is 0 Å². The first-order chi connectivity index (χ1) is 6.72. The fourth-order valence-electron chi connectivity index (χ4n) is 0.960. The van der Waals surface area contributed by atoms with E-state index >= 15 is 0 Å². The summed E-state index contributed by atoms with van der Waals surface area (Å²) in [6.07, 6.45) is 0. The van der Waals surface area contributed by atoms with Crippen LogP contribution in [0.4, 0.5) is 0 Å². The van der Waals surface area contributed by atoms with Gasteiger partial charge in [-0.2, -0.15) is 0 Å². The van der Waals surface area contributed by atoms with Gasteiger partial charge in [-0.3, -0.25) is 5.41 Å². The van der Waals surface area contributed by atoms with Crippen LogP contribution >= 0.6 is 0 Å². The Morgan fingerprint density at radius 2 is 1.71 bits per heavy atom. The third-order valence-corrected chi connectivity index (χ3v) is 1.53. The Morgan fingerprint density at radius 3 is 2.14 bits per heavy atom. The number of ether oxygens (including phenoxy) is 2. The van der Waals surface area contributed by atoms with Crippen LogP contribution in [0, 0.1) is 5.41 Å². The van der Waals surface area contributed by atoms with Gasteiger partial charge in [-0.05, 0) is 31.2 Å². The van der Waals surface area contributed by atoms with Gasteiger partial charge in [-0.15, -0.1) is 0 Å². The molecule has 0 aliphatic rings. The molecule has 0 saturated carbocycles. The van der Waals surface area contributed by atoms with Gasteiger partial charge in [0.25, 0.3) is 0 Å². The number of rotatable bonds is 5. The molecule has 0 spiro atoms. The van der Waals surface area contributed by atoms with Crippen molar-refractivity contribution in [2.75, 3.05) is 13.2 Å². The Labute approximate surface area is 83.1 Å². The van der Waals surface area contributed by atoms with Gasteiger partial charge in [0.05, 0.1) is 6.61 Å². The first-order valence-corrected chi connectivity index (χ1v) is 4.41. The molecule has 1 rings (SSSR count). The number of nitrogens with one attached hydrogen (secondary N) is 1. The van der Waals surface area contributed by atoms with E-state index in [2.05, 4.69) is 0 Å². The van der Waals surface area contributed by atoms with Crippen LogP contribution in [0.25, 0.3) is 0 Å². The molecule has 0 amide bonds. The number of amidine groups is 1. The zero-order valence-electron chi connectivity index (χ0n) is 8.12. The minimum absolute atomic E-state index is 0.0129. The standard InChI is InChI=1S/C10H14N2O2/c1-2-13-8-3-5-9(6-4-8)14-7-10(11)12/h3-6H,2,7H2,1H3,(H3,11,12). The van der Waals surface area contributed by atoms with Crippen LogP contribution in [-0.2, 0) is 0 Å². The van der Waals surface area contributed by atoms with E-state index in [0.29, 0.717) is 12.4 Å². The second-order valence-electron chi connectivity index (χ2n) is 2.72. The zero-order chi connectivity index (χ0) is 10.4. The maximum absolute atomic E-state index is 6.98. The monoisotopic (exact) mass is 194 g/mol. The van der Waals surface area contributed by atoms with E-state index < -0.39 is 0 Å². The number of hydrogen-bond donors (Lipinski definition) is 2. The van der Waals surface area contributed by atoms with E-state index in [1.54, 1.807) is 12.1 Å². The summed E-state index contributed by atoms with van der Waals surface area (Å²) in [5.74, 6) is 1.50. The second-order valence-corrected chi connectivity index (χ2v) is 2.72. The van der Waals surface area contributed by atoms with Crippen molar-refractivity contribution in [1.29, 1.82) is 5.41 Å². The van der Waals surface area contributed by atoms with E-state index in [4.69, 9.17) is 20.6 Å². The zero-order valence-corrected chi connectivity index (χ0v) is 8.12. The minimum Gasteiger partial charge on any atom is -0.494 e. The molecule has 4 nitrogen and oxygen atoms in total. The average Bonchev–Trinajstić information content (AvgIpc) is 2.17. The lowest BCUT2D eigenvalue weighted by Crippen LogP contribution is -2.19. The van der Waals surface area contributed by atoms with Crippen molar-refractivity contribution in [1.82, 2.24) is 0 Å². The fourth-order valence-corrected chi connectivity index (χ4v) is 0.960. The molecule has 4 heteroatoms. The molecule has 0 bridgehead atoms. The van der Waals surface area contributed by atoms with E-state index in [1.165, 1.54) is 0 Å². The first kappa shape index (κ1) is 10.4. The molecule has 0 aliphatic carbocycles. The van der Waals surface area contributed by atoms with Crippen LogP contribution in [0.1, 0.15) is 6.92 Å². The maximum Gasteiger partial charge on any atom is 0.145 e. The smallest absolute Gasteiger partial charge is 0.145 e. The van der Waals surface area contributed by atoms with Crippen molar-refractivity contribution in [3.05, 3.63) is 24.3 Å². The highest BCUT2D eigenvalue weighted by Crippen LogP contribution is 2.17. The quantitative estimate of drug-likeness (QED) is 0.550. The molecule has 14 heavy (non-hydrogen) atoms. The average molecular weight is 194 g/mol. The summed E-state index contributed by atoms with van der Waals surface area (Å²) < 4.78 is 10.5. The lowest BCUT2D eigenvalue weighted by Gasteiger charge is -2.06. The van der Waals surface area contributed by atoms with Crippen LogP contribution in [0.2, 0.25) is 0 Å². The predicted molar refractivity (Wildman–Crippen MR) is 55.0 cm³/mol. The highest BCUT2D eigenvalue weighted by Gasteiger charge is 1.96. The summed E-state index contributed by atoms with van der Waals surface area (Å²) in [5, 5.41) is 6.98. The largest absolute Gasteiger partial charge is 0.494 e. The molecule has 0 aliphatic heterocycles. The molecule has 0 heterocycles. The molecule has 1 aromatic rings. The molecular formula is C10H14N2O2. The Kier molecular flexibility index (Phi) is 3.79. The van der Waals surface area contributed by atoms with Crippen LogP contribution in [-0.4, -0.2) is 19.0 Å². The van der Waals surface area contributed by atoms with Crippen molar-refractivity contribution >= 4 is 5.84 Å². The molecule has 76 valence electrons. The molecule has 0 saturated heterocycles. The summed E-state index contributed by atoms with van der Waals surface area (Å²) in [7, 11) is 0. The highest BCUT2D eigenvalue weighted by molar-refractivity contribution is 5.78. The highest BCUT2D eigenvalue weighted by atomic mass is 16.5. The number of nitrogens with two attached hydrogens (primary N) is 1. The van der Waals surface area contributed by atoms with Crippen LogP contribution in [0.15, 0.2) is 24.3 Å². The lowest BCUT2D eigenvalue weighted by molar-refractivity contribution is 0.337. The molecular weight excluding hydrogens is 180 g/mol. The Morgan fingerprint density at radius 1 is 1.21 bits per heavy atom. The van der Waals surface area contributed by atoms with Gasteiger partial charge in [0.15, 0.2) is 0 Å². The topological polar surface area (TPSA) is 68.3 Å². The van der Waals surface area contributed by atoms with Gasteiger partial charge >= 0.3 is 0 Å². The summed E-state index contributed by atoms with van der Waals surface area (Å²) in [6.45, 7) is 2.70. The fraction of sp³-hybridized carbons (Fsp3) is 0.300. The number of hydrogen-bond acceptors (Lipinski definition) is 3. The summed E-state index contributed by atoms with van der Waals surface area (Å²) in [4.78, 5) is 0. The second kappa shape index (κ2) is 5.11. The van der Waals surface area contributed by atoms with Crippen LogP contribution in [0.5, 0.6) is 11.5 Å². The van der Waals surface area contributed by atoms with E-state index in [0.717, 1.165) is 5.75 Å². The van der Waals surface area contributed by atoms with Crippen molar-refractivity contribution in [2.45, 2.75) is 6.92 Å². The van der Waals surface area contributed by atoms with E-state index in [1.807, 2.05) is 19.1 Å². The van der Waals surface area contributed by atoms with Gasteiger partial charge in [-0.25, -0.2) is 0 Å². The molecule has 0 unspecified atom stereocenters. The van der Waals surface area contributed by atoms with E-state index in [-0.39, 0.29) is 12.4 Å². The normalized spacial score (nSPS) is 9.50. The van der Waals surface area contributed by atoms with Crippen molar-refractivity contribution in [3.63, 3.8) is 0 Å². The predicted octanol–water partition coefficient (Wildman–Crippen LogP) is 1.40. The first-order valence-electron chi connectivity index (χ1n) is 4.41. The molecule has 0 radical (unpaired) electrons. The maximum atomic E-state index is 6.98. The molecule has 0 atom stereocenters. The number of benzene rings is 1. The van der Waals surface area contributed by atoms with E-state index in [9.17, 15) is 0 Å². The molecule has 0 fully saturated rings. The Bertz CT molecular complexity index is 295. The van der Waals surface area contributed by atoms with Crippen molar-refractivity contribution in [3.8, 4) is 11.5 Å². The van der Waals surface area contributed by atoms with Gasteiger partial charge < -0.3 is 15.2 Å². The Hall–Kier alpha value is -1.71. The summed E-state index contributed by atoms with van der Waals surface area (Å²) >= 11 is 0. The molecule has 0 aromatic heterocycles. The van der Waals surface area contributed by atoms with Gasteiger partial charge in [0.2, 0.25) is 0 Å².